The number of rotatable bonds is 3. The molecule has 0 aliphatic rings. The summed E-state index contributed by atoms with van der Waals surface area (Å²) in [7, 11) is 0. The third-order valence-corrected chi connectivity index (χ3v) is 3.23. The highest BCUT2D eigenvalue weighted by molar-refractivity contribution is 5.18. The number of nitrogens with zero attached hydrogens (tertiary/aromatic N) is 1. The van der Waals surface area contributed by atoms with Gasteiger partial charge in [0.15, 0.2) is 0 Å². The Morgan fingerprint density at radius 3 is 1.55 bits per heavy atom. The van der Waals surface area contributed by atoms with E-state index in [0.717, 1.165) is 12.8 Å². The van der Waals surface area contributed by atoms with E-state index in [9.17, 15) is 0 Å². The lowest BCUT2D eigenvalue weighted by atomic mass is 10.1. The molecule has 22 heavy (non-hydrogen) atoms. The number of aryl methyl sites for hydroxylation is 3. The van der Waals surface area contributed by atoms with Gasteiger partial charge in [0.05, 0.1) is 0 Å². The van der Waals surface area contributed by atoms with Crippen LogP contribution in [-0.2, 0) is 12.8 Å². The molecule has 0 saturated carbocycles. The van der Waals surface area contributed by atoms with Crippen LogP contribution in [0.4, 0.5) is 0 Å². The zero-order valence-electron chi connectivity index (χ0n) is 12.9. The summed E-state index contributed by atoms with van der Waals surface area (Å²) in [6.45, 7) is 2.08. The van der Waals surface area contributed by atoms with Crippen molar-refractivity contribution in [2.75, 3.05) is 0 Å². The summed E-state index contributed by atoms with van der Waals surface area (Å²) in [5.74, 6) is 0. The third kappa shape index (κ3) is 6.82. The molecule has 0 radical (unpaired) electrons. The van der Waals surface area contributed by atoms with Gasteiger partial charge in [-0.05, 0) is 43.0 Å². The topological polar surface area (TPSA) is 44.4 Å². The van der Waals surface area contributed by atoms with Gasteiger partial charge >= 0.3 is 0 Å². The summed E-state index contributed by atoms with van der Waals surface area (Å²) in [5, 5.41) is 0. The van der Waals surface area contributed by atoms with Gasteiger partial charge in [-0.3, -0.25) is 4.98 Å². The first-order valence-electron chi connectivity index (χ1n) is 7.29. The average Bonchev–Trinajstić information content (AvgIpc) is 2.56. The smallest absolute Gasteiger partial charge is 0.0270 e. The summed E-state index contributed by atoms with van der Waals surface area (Å²) < 4.78 is 0. The van der Waals surface area contributed by atoms with Gasteiger partial charge in [-0.2, -0.15) is 0 Å². The van der Waals surface area contributed by atoms with E-state index in [1.807, 2.05) is 30.6 Å². The van der Waals surface area contributed by atoms with E-state index in [4.69, 9.17) is 0 Å². The third-order valence-electron chi connectivity index (χ3n) is 3.23. The Balaban J connectivity index is 0.000000258. The highest BCUT2D eigenvalue weighted by atomic mass is 16.0. The van der Waals surface area contributed by atoms with Gasteiger partial charge in [0, 0.05) is 12.4 Å². The van der Waals surface area contributed by atoms with Crippen LogP contribution in [0.3, 0.4) is 0 Å². The molecule has 0 amide bonds. The number of pyridine rings is 1. The zero-order chi connectivity index (χ0) is 14.8. The van der Waals surface area contributed by atoms with E-state index < -0.39 is 0 Å². The molecular weight excluding hydrogens is 270 g/mol. The van der Waals surface area contributed by atoms with E-state index in [1.165, 1.54) is 16.7 Å². The highest BCUT2D eigenvalue weighted by Gasteiger charge is 1.93. The van der Waals surface area contributed by atoms with Crippen molar-refractivity contribution >= 4 is 0 Å². The Morgan fingerprint density at radius 1 is 0.636 bits per heavy atom. The molecule has 2 N–H and O–H groups in total. The van der Waals surface area contributed by atoms with E-state index >= 15 is 0 Å². The fraction of sp³-hybridized carbons (Fsp3) is 0.150. The number of benzene rings is 2. The normalized spacial score (nSPS) is 9.14. The fourth-order valence-corrected chi connectivity index (χ4v) is 2.02. The predicted octanol–water partition coefficient (Wildman–Crippen LogP) is 4.04. The average molecular weight is 293 g/mol. The molecule has 0 bridgehead atoms. The molecule has 1 aromatic heterocycles. The van der Waals surface area contributed by atoms with Gasteiger partial charge in [-0.25, -0.2) is 0 Å². The predicted molar refractivity (Wildman–Crippen MR) is 92.9 cm³/mol. The maximum atomic E-state index is 4.00. The van der Waals surface area contributed by atoms with Crippen molar-refractivity contribution in [3.8, 4) is 0 Å². The first-order chi connectivity index (χ1) is 10.3. The Labute approximate surface area is 132 Å². The van der Waals surface area contributed by atoms with Gasteiger partial charge in [0.25, 0.3) is 0 Å². The molecule has 0 aliphatic carbocycles. The fourth-order valence-electron chi connectivity index (χ4n) is 2.02. The molecule has 0 aliphatic heterocycles. The summed E-state index contributed by atoms with van der Waals surface area (Å²) in [6.07, 6.45) is 5.89. The van der Waals surface area contributed by atoms with Gasteiger partial charge in [-0.1, -0.05) is 66.2 Å². The van der Waals surface area contributed by atoms with Crippen LogP contribution in [0.15, 0.2) is 85.2 Å². The van der Waals surface area contributed by atoms with Crippen LogP contribution in [0, 0.1) is 6.92 Å². The lowest BCUT2D eigenvalue weighted by Crippen LogP contribution is -1.90. The molecule has 0 atom stereocenters. The zero-order valence-corrected chi connectivity index (χ0v) is 12.9. The van der Waals surface area contributed by atoms with E-state index in [2.05, 4.69) is 66.5 Å². The summed E-state index contributed by atoms with van der Waals surface area (Å²) in [5.41, 5.74) is 4.07. The van der Waals surface area contributed by atoms with Crippen molar-refractivity contribution < 1.29 is 5.48 Å². The number of hydrogen-bond acceptors (Lipinski definition) is 1. The van der Waals surface area contributed by atoms with Gasteiger partial charge in [0.1, 0.15) is 0 Å². The Hall–Kier alpha value is -2.45. The molecule has 2 nitrogen and oxygen atoms in total. The van der Waals surface area contributed by atoms with Gasteiger partial charge in [0.2, 0.25) is 0 Å². The molecule has 3 rings (SSSR count). The first-order valence-corrected chi connectivity index (χ1v) is 7.29. The van der Waals surface area contributed by atoms with Crippen LogP contribution in [-0.4, -0.2) is 10.5 Å². The van der Waals surface area contributed by atoms with E-state index in [0.29, 0.717) is 0 Å². The summed E-state index contributed by atoms with van der Waals surface area (Å²) in [4.78, 5) is 4.00. The summed E-state index contributed by atoms with van der Waals surface area (Å²) >= 11 is 0. The minimum Gasteiger partial charge on any atom is -0.412 e. The minimum atomic E-state index is 0. The standard InChI is InChI=1S/C13H13N.C7H8.H2O/c1-2-4-12(5-3-1)6-7-13-8-10-14-11-9-13;1-7-5-3-2-4-6-7;/h1-5,8-11H,6-7H2;2-6H,1H3;1H2. The Bertz CT molecular complexity index is 570. The van der Waals surface area contributed by atoms with Crippen LogP contribution in [0.1, 0.15) is 16.7 Å². The quantitative estimate of drug-likeness (QED) is 0.719. The van der Waals surface area contributed by atoms with Crippen molar-refractivity contribution in [1.29, 1.82) is 0 Å². The second-order valence-electron chi connectivity index (χ2n) is 5.00. The van der Waals surface area contributed by atoms with Crippen LogP contribution in [0.25, 0.3) is 0 Å². The lowest BCUT2D eigenvalue weighted by Gasteiger charge is -2.00. The van der Waals surface area contributed by atoms with Gasteiger partial charge in [-0.15, -0.1) is 0 Å². The molecular formula is C20H23NO. The van der Waals surface area contributed by atoms with Crippen LogP contribution >= 0.6 is 0 Å². The second-order valence-corrected chi connectivity index (χ2v) is 5.00. The molecule has 0 saturated heterocycles. The van der Waals surface area contributed by atoms with Crippen molar-refractivity contribution in [2.24, 2.45) is 0 Å². The monoisotopic (exact) mass is 293 g/mol. The number of aromatic nitrogens is 1. The van der Waals surface area contributed by atoms with Crippen molar-refractivity contribution in [2.45, 2.75) is 19.8 Å². The van der Waals surface area contributed by atoms with E-state index in [-0.39, 0.29) is 5.48 Å². The largest absolute Gasteiger partial charge is 0.412 e. The molecule has 2 aromatic carbocycles. The van der Waals surface area contributed by atoms with Crippen LogP contribution < -0.4 is 0 Å². The molecule has 0 unspecified atom stereocenters. The Morgan fingerprint density at radius 2 is 1.09 bits per heavy atom. The van der Waals surface area contributed by atoms with Crippen molar-refractivity contribution in [3.05, 3.63) is 102 Å². The second kappa shape index (κ2) is 10.3. The maximum Gasteiger partial charge on any atom is 0.0270 e. The van der Waals surface area contributed by atoms with Crippen LogP contribution in [0.2, 0.25) is 0 Å². The molecule has 0 spiro atoms. The van der Waals surface area contributed by atoms with E-state index in [1.54, 1.807) is 0 Å². The highest BCUT2D eigenvalue weighted by Crippen LogP contribution is 2.05. The van der Waals surface area contributed by atoms with Gasteiger partial charge < -0.3 is 5.48 Å². The maximum absolute atomic E-state index is 4.00. The lowest BCUT2D eigenvalue weighted by molar-refractivity contribution is 0.824. The Kier molecular flexibility index (Phi) is 8.24. The molecule has 0 fully saturated rings. The SMILES string of the molecule is Cc1ccccc1.O.c1ccc(CCc2ccncc2)cc1. The summed E-state index contributed by atoms with van der Waals surface area (Å²) in [6, 6.07) is 25.0. The molecule has 1 heterocycles. The van der Waals surface area contributed by atoms with Crippen molar-refractivity contribution in [3.63, 3.8) is 0 Å². The molecule has 114 valence electrons. The number of hydrogen-bond donors (Lipinski definition) is 0. The molecule has 3 aromatic rings. The van der Waals surface area contributed by atoms with Crippen LogP contribution in [0.5, 0.6) is 0 Å². The minimum absolute atomic E-state index is 0. The first kappa shape index (κ1) is 17.6. The van der Waals surface area contributed by atoms with Crippen molar-refractivity contribution in [1.82, 2.24) is 4.98 Å². The molecule has 2 heteroatoms.